The number of aromatic amines is 1. The number of aromatic nitrogens is 1. The number of Topliss-reactive ketones (excluding diaryl/α,β-unsaturated/α-hetero) is 1. The minimum absolute atomic E-state index is 0.0664. The van der Waals surface area contributed by atoms with Crippen molar-refractivity contribution in [2.45, 2.75) is 39.3 Å². The summed E-state index contributed by atoms with van der Waals surface area (Å²) in [6, 6.07) is 21.4. The Bertz CT molecular complexity index is 1560. The molecule has 0 fully saturated rings. The first kappa shape index (κ1) is 28.2. The van der Waals surface area contributed by atoms with Crippen LogP contribution in [0.4, 0.5) is 0 Å². The van der Waals surface area contributed by atoms with Crippen molar-refractivity contribution in [2.75, 3.05) is 0 Å². The number of fused-ring (bicyclic) bond motifs is 1. The molecule has 0 bridgehead atoms. The lowest BCUT2D eigenvalue weighted by Gasteiger charge is -2.24. The topological polar surface area (TPSA) is 132 Å². The molecule has 0 aliphatic rings. The Labute approximate surface area is 232 Å². The lowest BCUT2D eigenvalue weighted by Crippen LogP contribution is -2.45. The largest absolute Gasteiger partial charge is 0.494 e. The number of carbonyl (C=O) groups is 3. The molecule has 2 atom stereocenters. The summed E-state index contributed by atoms with van der Waals surface area (Å²) in [5, 5.41) is 27.8. The summed E-state index contributed by atoms with van der Waals surface area (Å²) >= 11 is 0. The minimum atomic E-state index is -0.952. The van der Waals surface area contributed by atoms with E-state index in [4.69, 9.17) is 0 Å². The van der Waals surface area contributed by atoms with Crippen LogP contribution in [0.25, 0.3) is 16.8 Å². The van der Waals surface area contributed by atoms with Crippen LogP contribution in [0.15, 0.2) is 78.9 Å². The molecule has 5 N–H and O–H groups in total. The summed E-state index contributed by atoms with van der Waals surface area (Å²) in [5.74, 6) is -2.40. The molecule has 0 aliphatic heterocycles. The first-order valence-corrected chi connectivity index (χ1v) is 13.1. The SMILES string of the molecule is Cc1c(O)[nH]c(O)c1C(=O)[C@@H](NC(=O)C[C@H](NC(=O)C=Cc1ccc2ccccc2c1)c1ccccc1)C(C)C. The molecule has 4 rings (SSSR count). The molecule has 0 radical (unpaired) electrons. The molecule has 0 aliphatic carbocycles. The second kappa shape index (κ2) is 12.3. The van der Waals surface area contributed by atoms with Crippen LogP contribution >= 0.6 is 0 Å². The molecule has 206 valence electrons. The first-order chi connectivity index (χ1) is 19.1. The number of nitrogens with one attached hydrogen (secondary N) is 3. The van der Waals surface area contributed by atoms with Gasteiger partial charge >= 0.3 is 0 Å². The molecule has 0 saturated carbocycles. The maximum absolute atomic E-state index is 13.2. The minimum Gasteiger partial charge on any atom is -0.494 e. The van der Waals surface area contributed by atoms with Crippen molar-refractivity contribution in [2.24, 2.45) is 5.92 Å². The summed E-state index contributed by atoms with van der Waals surface area (Å²) in [4.78, 5) is 41.7. The van der Waals surface area contributed by atoms with Gasteiger partial charge in [0.05, 0.1) is 24.1 Å². The van der Waals surface area contributed by atoms with Gasteiger partial charge in [0.2, 0.25) is 17.7 Å². The van der Waals surface area contributed by atoms with Gasteiger partial charge in [0.1, 0.15) is 0 Å². The van der Waals surface area contributed by atoms with Gasteiger partial charge in [-0.1, -0.05) is 80.6 Å². The lowest BCUT2D eigenvalue weighted by molar-refractivity contribution is -0.123. The van der Waals surface area contributed by atoms with Crippen LogP contribution in [0.2, 0.25) is 0 Å². The van der Waals surface area contributed by atoms with E-state index in [-0.39, 0.29) is 35.3 Å². The molecule has 8 nitrogen and oxygen atoms in total. The number of amides is 2. The third-order valence-corrected chi connectivity index (χ3v) is 6.82. The zero-order valence-corrected chi connectivity index (χ0v) is 22.6. The van der Waals surface area contributed by atoms with Gasteiger partial charge in [-0.2, -0.15) is 0 Å². The average molecular weight is 540 g/mol. The summed E-state index contributed by atoms with van der Waals surface area (Å²) in [5.41, 5.74) is 1.75. The van der Waals surface area contributed by atoms with E-state index in [1.54, 1.807) is 19.9 Å². The first-order valence-electron chi connectivity index (χ1n) is 13.1. The Morgan fingerprint density at radius 1 is 0.875 bits per heavy atom. The van der Waals surface area contributed by atoms with Crippen LogP contribution in [0.3, 0.4) is 0 Å². The smallest absolute Gasteiger partial charge is 0.244 e. The summed E-state index contributed by atoms with van der Waals surface area (Å²) in [6.45, 7) is 5.05. The predicted octanol–water partition coefficient (Wildman–Crippen LogP) is 5.17. The van der Waals surface area contributed by atoms with E-state index in [0.29, 0.717) is 0 Å². The number of carbonyl (C=O) groups excluding carboxylic acids is 3. The van der Waals surface area contributed by atoms with E-state index in [1.165, 1.54) is 13.0 Å². The van der Waals surface area contributed by atoms with E-state index < -0.39 is 29.7 Å². The van der Waals surface area contributed by atoms with E-state index in [1.807, 2.05) is 72.8 Å². The number of hydrogen-bond donors (Lipinski definition) is 5. The maximum atomic E-state index is 13.2. The summed E-state index contributed by atoms with van der Waals surface area (Å²) in [7, 11) is 0. The molecule has 1 heterocycles. The fourth-order valence-electron chi connectivity index (χ4n) is 4.61. The fraction of sp³-hybridized carbons (Fsp3) is 0.219. The van der Waals surface area contributed by atoms with Crippen LogP contribution < -0.4 is 10.6 Å². The molecule has 8 heteroatoms. The van der Waals surface area contributed by atoms with Gasteiger partial charge in [0.15, 0.2) is 11.7 Å². The molecule has 0 saturated heterocycles. The molecule has 0 unspecified atom stereocenters. The van der Waals surface area contributed by atoms with Gasteiger partial charge < -0.3 is 20.8 Å². The molecule has 3 aromatic carbocycles. The predicted molar refractivity (Wildman–Crippen MR) is 155 cm³/mol. The lowest BCUT2D eigenvalue weighted by atomic mass is 9.93. The van der Waals surface area contributed by atoms with E-state index in [0.717, 1.165) is 21.9 Å². The van der Waals surface area contributed by atoms with Crippen molar-refractivity contribution < 1.29 is 24.6 Å². The second-order valence-corrected chi connectivity index (χ2v) is 10.1. The summed E-state index contributed by atoms with van der Waals surface area (Å²) in [6.07, 6.45) is 3.04. The Hall–Kier alpha value is -4.85. The van der Waals surface area contributed by atoms with Crippen LogP contribution in [0.5, 0.6) is 11.8 Å². The monoisotopic (exact) mass is 539 g/mol. The highest BCUT2D eigenvalue weighted by atomic mass is 16.3. The molecule has 40 heavy (non-hydrogen) atoms. The van der Waals surface area contributed by atoms with Crippen molar-refractivity contribution >= 4 is 34.4 Å². The molecule has 4 aromatic rings. The third kappa shape index (κ3) is 6.58. The highest BCUT2D eigenvalue weighted by Gasteiger charge is 2.31. The summed E-state index contributed by atoms with van der Waals surface area (Å²) < 4.78 is 0. The van der Waals surface area contributed by atoms with E-state index in [2.05, 4.69) is 15.6 Å². The van der Waals surface area contributed by atoms with Crippen LogP contribution in [-0.2, 0) is 9.59 Å². The van der Waals surface area contributed by atoms with Gasteiger partial charge in [-0.05, 0) is 46.9 Å². The zero-order valence-electron chi connectivity index (χ0n) is 22.6. The highest BCUT2D eigenvalue weighted by Crippen LogP contribution is 2.30. The van der Waals surface area contributed by atoms with Gasteiger partial charge in [-0.25, -0.2) is 0 Å². The molecule has 2 amide bonds. The van der Waals surface area contributed by atoms with Gasteiger partial charge in [-0.3, -0.25) is 19.4 Å². The Balaban J connectivity index is 1.48. The quantitative estimate of drug-likeness (QED) is 0.140. The third-order valence-electron chi connectivity index (χ3n) is 6.82. The Morgan fingerprint density at radius 2 is 1.55 bits per heavy atom. The van der Waals surface area contributed by atoms with E-state index >= 15 is 0 Å². The number of aromatic hydroxyl groups is 2. The normalized spacial score (nSPS) is 12.9. The molecule has 1 aromatic heterocycles. The van der Waals surface area contributed by atoms with Crippen LogP contribution in [0, 0.1) is 12.8 Å². The number of ketones is 1. The van der Waals surface area contributed by atoms with Crippen LogP contribution in [0.1, 0.15) is 53.4 Å². The molecular weight excluding hydrogens is 506 g/mol. The number of hydrogen-bond acceptors (Lipinski definition) is 5. The Morgan fingerprint density at radius 3 is 2.20 bits per heavy atom. The van der Waals surface area contributed by atoms with Crippen molar-refractivity contribution in [3.8, 4) is 11.8 Å². The Kier molecular flexibility index (Phi) is 8.69. The van der Waals surface area contributed by atoms with E-state index in [9.17, 15) is 24.6 Å². The standard InChI is InChI=1S/C32H33N3O5/c1-19(2)29(30(38)28-20(3)31(39)35-32(28)40)34-27(37)18-25(23-10-5-4-6-11-23)33-26(36)16-14-21-13-15-22-9-7-8-12-24(22)17-21/h4-17,19,25,29,35,39-40H,18H2,1-3H3,(H,33,36)(H,34,37)/t25-,29-/m0/s1. The zero-order chi connectivity index (χ0) is 28.8. The number of rotatable bonds is 10. The maximum Gasteiger partial charge on any atom is 0.244 e. The van der Waals surface area contributed by atoms with Crippen molar-refractivity contribution in [3.05, 3.63) is 101 Å². The van der Waals surface area contributed by atoms with Crippen molar-refractivity contribution in [1.82, 2.24) is 15.6 Å². The van der Waals surface area contributed by atoms with Gasteiger partial charge in [0, 0.05) is 11.6 Å². The van der Waals surface area contributed by atoms with Crippen LogP contribution in [-0.4, -0.2) is 38.8 Å². The van der Waals surface area contributed by atoms with Gasteiger partial charge in [0.25, 0.3) is 0 Å². The number of H-pyrrole nitrogens is 1. The molecular formula is C32H33N3O5. The molecule has 0 spiro atoms. The van der Waals surface area contributed by atoms with Gasteiger partial charge in [-0.15, -0.1) is 0 Å². The fourth-order valence-corrected chi connectivity index (χ4v) is 4.61. The van der Waals surface area contributed by atoms with Crippen molar-refractivity contribution in [1.29, 1.82) is 0 Å². The average Bonchev–Trinajstić information content (AvgIpc) is 3.20. The van der Waals surface area contributed by atoms with Crippen molar-refractivity contribution in [3.63, 3.8) is 0 Å². The second-order valence-electron chi connectivity index (χ2n) is 10.1. The highest BCUT2D eigenvalue weighted by molar-refractivity contribution is 6.05. The number of benzene rings is 3.